The van der Waals surface area contributed by atoms with Gasteiger partial charge in [0, 0.05) is 37.1 Å². The molecular formula is C16H21BrClN3O2. The van der Waals surface area contributed by atoms with Gasteiger partial charge in [0.1, 0.15) is 0 Å². The summed E-state index contributed by atoms with van der Waals surface area (Å²) in [4.78, 5) is 28.6. The largest absolute Gasteiger partial charge is 0.341 e. The van der Waals surface area contributed by atoms with Gasteiger partial charge in [0.2, 0.25) is 11.8 Å². The van der Waals surface area contributed by atoms with Crippen molar-refractivity contribution in [3.63, 3.8) is 0 Å². The number of nitrogens with zero attached hydrogens (tertiary/aromatic N) is 2. The third-order valence-corrected chi connectivity index (χ3v) is 4.94. The first-order valence-corrected chi connectivity index (χ1v) is 8.50. The summed E-state index contributed by atoms with van der Waals surface area (Å²) in [6, 6.07) is 7.65. The molecule has 1 aromatic rings. The number of benzene rings is 1. The molecule has 5 nitrogen and oxygen atoms in total. The van der Waals surface area contributed by atoms with E-state index in [1.165, 1.54) is 0 Å². The highest BCUT2D eigenvalue weighted by atomic mass is 79.9. The zero-order valence-electron chi connectivity index (χ0n) is 12.8. The van der Waals surface area contributed by atoms with Crippen molar-refractivity contribution in [3.05, 3.63) is 28.7 Å². The third-order valence-electron chi connectivity index (χ3n) is 4.27. The molecule has 1 atom stereocenters. The summed E-state index contributed by atoms with van der Waals surface area (Å²) in [5.74, 6) is -0.0810. The van der Waals surface area contributed by atoms with E-state index >= 15 is 0 Å². The Balaban J connectivity index is 0.00000192. The molecule has 23 heavy (non-hydrogen) atoms. The molecule has 2 fully saturated rings. The molecule has 3 rings (SSSR count). The number of carbonyl (C=O) groups excluding carboxylic acids is 2. The number of hydrogen-bond donors (Lipinski definition) is 1. The van der Waals surface area contributed by atoms with Crippen molar-refractivity contribution in [2.75, 3.05) is 37.6 Å². The average Bonchev–Trinajstić information content (AvgIpc) is 2.74. The fourth-order valence-corrected chi connectivity index (χ4v) is 3.60. The maximum atomic E-state index is 12.7. The Morgan fingerprint density at radius 1 is 1.22 bits per heavy atom. The second-order valence-electron chi connectivity index (χ2n) is 5.79. The number of halogens is 2. The van der Waals surface area contributed by atoms with Crippen molar-refractivity contribution >= 4 is 45.8 Å². The Hall–Kier alpha value is -1.11. The number of rotatable bonds is 2. The van der Waals surface area contributed by atoms with Gasteiger partial charge < -0.3 is 15.1 Å². The van der Waals surface area contributed by atoms with E-state index in [1.54, 1.807) is 4.90 Å². The van der Waals surface area contributed by atoms with Gasteiger partial charge in [0.15, 0.2) is 0 Å². The van der Waals surface area contributed by atoms with Crippen LogP contribution in [-0.4, -0.2) is 49.4 Å². The molecule has 2 aliphatic rings. The summed E-state index contributed by atoms with van der Waals surface area (Å²) in [5, 5.41) is 3.30. The van der Waals surface area contributed by atoms with E-state index in [-0.39, 0.29) is 30.1 Å². The maximum absolute atomic E-state index is 12.7. The quantitative estimate of drug-likeness (QED) is 0.824. The van der Waals surface area contributed by atoms with E-state index in [0.717, 1.165) is 42.8 Å². The zero-order valence-corrected chi connectivity index (χ0v) is 15.2. The molecule has 126 valence electrons. The van der Waals surface area contributed by atoms with Crippen LogP contribution in [0.5, 0.6) is 0 Å². The van der Waals surface area contributed by atoms with Crippen LogP contribution in [0.25, 0.3) is 0 Å². The molecule has 1 aromatic carbocycles. The van der Waals surface area contributed by atoms with Crippen molar-refractivity contribution in [3.8, 4) is 0 Å². The van der Waals surface area contributed by atoms with Gasteiger partial charge in [-0.25, -0.2) is 0 Å². The van der Waals surface area contributed by atoms with Gasteiger partial charge in [-0.05, 0) is 41.0 Å². The molecule has 0 aromatic heterocycles. The zero-order chi connectivity index (χ0) is 15.5. The van der Waals surface area contributed by atoms with Crippen molar-refractivity contribution in [2.45, 2.75) is 12.8 Å². The van der Waals surface area contributed by atoms with Crippen LogP contribution in [0, 0.1) is 5.92 Å². The predicted molar refractivity (Wildman–Crippen MR) is 95.9 cm³/mol. The Labute approximate surface area is 150 Å². The molecular weight excluding hydrogens is 382 g/mol. The highest BCUT2D eigenvalue weighted by molar-refractivity contribution is 9.10. The van der Waals surface area contributed by atoms with Gasteiger partial charge in [-0.2, -0.15) is 0 Å². The molecule has 2 saturated heterocycles. The Morgan fingerprint density at radius 3 is 2.78 bits per heavy atom. The van der Waals surface area contributed by atoms with E-state index in [0.29, 0.717) is 13.0 Å². The summed E-state index contributed by atoms with van der Waals surface area (Å²) in [5.41, 5.74) is 0.848. The molecule has 0 saturated carbocycles. The molecule has 1 unspecified atom stereocenters. The number of para-hydroxylation sites is 1. The lowest BCUT2D eigenvalue weighted by atomic mass is 10.1. The highest BCUT2D eigenvalue weighted by Crippen LogP contribution is 2.31. The summed E-state index contributed by atoms with van der Waals surface area (Å²) >= 11 is 3.48. The van der Waals surface area contributed by atoms with Crippen LogP contribution >= 0.6 is 28.3 Å². The monoisotopic (exact) mass is 401 g/mol. The summed E-state index contributed by atoms with van der Waals surface area (Å²) in [6.07, 6.45) is 1.28. The van der Waals surface area contributed by atoms with Gasteiger partial charge in [0.05, 0.1) is 11.6 Å². The van der Waals surface area contributed by atoms with E-state index < -0.39 is 0 Å². The minimum absolute atomic E-state index is 0. The van der Waals surface area contributed by atoms with Crippen LogP contribution in [0.2, 0.25) is 0 Å². The van der Waals surface area contributed by atoms with Crippen molar-refractivity contribution in [2.24, 2.45) is 5.92 Å². The van der Waals surface area contributed by atoms with E-state index in [2.05, 4.69) is 21.2 Å². The highest BCUT2D eigenvalue weighted by Gasteiger charge is 2.37. The lowest BCUT2D eigenvalue weighted by Crippen LogP contribution is -2.39. The number of anilines is 1. The van der Waals surface area contributed by atoms with Crippen LogP contribution in [0.1, 0.15) is 12.8 Å². The van der Waals surface area contributed by atoms with Crippen LogP contribution in [0.3, 0.4) is 0 Å². The normalized spacial score (nSPS) is 21.8. The Bertz CT molecular complexity index is 576. The minimum Gasteiger partial charge on any atom is -0.341 e. The second kappa shape index (κ2) is 8.13. The first-order valence-electron chi connectivity index (χ1n) is 7.71. The Morgan fingerprint density at radius 2 is 2.00 bits per heavy atom. The molecule has 2 heterocycles. The van der Waals surface area contributed by atoms with Gasteiger partial charge in [-0.3, -0.25) is 9.59 Å². The minimum atomic E-state index is -0.224. The third kappa shape index (κ3) is 4.05. The second-order valence-corrected chi connectivity index (χ2v) is 6.64. The SMILES string of the molecule is Cl.O=C(C1CC(=O)N(c2ccccc2Br)C1)N1CCCNCC1. The maximum Gasteiger partial charge on any atom is 0.228 e. The van der Waals surface area contributed by atoms with E-state index in [4.69, 9.17) is 0 Å². The molecule has 2 amide bonds. The van der Waals surface area contributed by atoms with Gasteiger partial charge in [-0.15, -0.1) is 12.4 Å². The molecule has 7 heteroatoms. The predicted octanol–water partition coefficient (Wildman–Crippen LogP) is 2.05. The summed E-state index contributed by atoms with van der Waals surface area (Å²) in [6.45, 7) is 3.78. The summed E-state index contributed by atoms with van der Waals surface area (Å²) < 4.78 is 0.885. The molecule has 0 aliphatic carbocycles. The first-order chi connectivity index (χ1) is 10.7. The standard InChI is InChI=1S/C16H20BrN3O2.ClH/c17-13-4-1-2-5-14(13)20-11-12(10-15(20)21)16(22)19-8-3-6-18-7-9-19;/h1-2,4-5,12,18H,3,6-11H2;1H. The lowest BCUT2D eigenvalue weighted by molar-refractivity contribution is -0.135. The molecule has 0 spiro atoms. The fraction of sp³-hybridized carbons (Fsp3) is 0.500. The summed E-state index contributed by atoms with van der Waals surface area (Å²) in [7, 11) is 0. The Kier molecular flexibility index (Phi) is 6.44. The van der Waals surface area contributed by atoms with Gasteiger partial charge in [-0.1, -0.05) is 12.1 Å². The van der Waals surface area contributed by atoms with Crippen LogP contribution in [0.15, 0.2) is 28.7 Å². The fourth-order valence-electron chi connectivity index (χ4n) is 3.10. The van der Waals surface area contributed by atoms with Crippen LogP contribution in [-0.2, 0) is 9.59 Å². The number of nitrogens with one attached hydrogen (secondary N) is 1. The number of amides is 2. The van der Waals surface area contributed by atoms with Crippen molar-refractivity contribution in [1.29, 1.82) is 0 Å². The molecule has 0 radical (unpaired) electrons. The van der Waals surface area contributed by atoms with Gasteiger partial charge >= 0.3 is 0 Å². The van der Waals surface area contributed by atoms with E-state index in [1.807, 2.05) is 29.2 Å². The number of hydrogen-bond acceptors (Lipinski definition) is 3. The van der Waals surface area contributed by atoms with Crippen LogP contribution < -0.4 is 10.2 Å². The first kappa shape index (κ1) is 18.2. The number of carbonyl (C=O) groups is 2. The molecule has 1 N–H and O–H groups in total. The molecule has 2 aliphatic heterocycles. The van der Waals surface area contributed by atoms with Gasteiger partial charge in [0.25, 0.3) is 0 Å². The van der Waals surface area contributed by atoms with E-state index in [9.17, 15) is 9.59 Å². The van der Waals surface area contributed by atoms with Crippen LogP contribution in [0.4, 0.5) is 5.69 Å². The lowest BCUT2D eigenvalue weighted by Gasteiger charge is -2.24. The molecule has 0 bridgehead atoms. The topological polar surface area (TPSA) is 52.7 Å². The average molecular weight is 403 g/mol. The van der Waals surface area contributed by atoms with Crippen molar-refractivity contribution in [1.82, 2.24) is 10.2 Å². The smallest absolute Gasteiger partial charge is 0.228 e. The van der Waals surface area contributed by atoms with Crippen molar-refractivity contribution < 1.29 is 9.59 Å².